The van der Waals surface area contributed by atoms with E-state index in [-0.39, 0.29) is 0 Å². The molecule has 0 bridgehead atoms. The Bertz CT molecular complexity index is 511. The molecule has 0 spiro atoms. The number of hydrogen-bond acceptors (Lipinski definition) is 4. The minimum atomic E-state index is 0.524. The molecular formula is C17H33N7. The summed E-state index contributed by atoms with van der Waals surface area (Å²) in [5, 5.41) is 14.9. The number of guanidine groups is 1. The molecule has 0 saturated carbocycles. The summed E-state index contributed by atoms with van der Waals surface area (Å²) in [7, 11) is 1.82. The summed E-state index contributed by atoms with van der Waals surface area (Å²) < 4.78 is 2.08. The highest BCUT2D eigenvalue weighted by molar-refractivity contribution is 5.79. The Morgan fingerprint density at radius 3 is 3.00 bits per heavy atom. The van der Waals surface area contributed by atoms with Crippen molar-refractivity contribution < 1.29 is 0 Å². The lowest BCUT2D eigenvalue weighted by atomic mass is 9.99. The molecule has 0 aromatic carbocycles. The van der Waals surface area contributed by atoms with Crippen molar-refractivity contribution in [2.75, 3.05) is 33.2 Å². The van der Waals surface area contributed by atoms with Crippen molar-refractivity contribution in [1.82, 2.24) is 30.3 Å². The zero-order chi connectivity index (χ0) is 17.4. The number of nitrogens with one attached hydrogen (secondary N) is 2. The van der Waals surface area contributed by atoms with Gasteiger partial charge in [-0.1, -0.05) is 13.8 Å². The lowest BCUT2D eigenvalue weighted by Gasteiger charge is -2.35. The molecule has 2 N–H and O–H groups in total. The summed E-state index contributed by atoms with van der Waals surface area (Å²) in [6.07, 6.45) is 5.37. The maximum absolute atomic E-state index is 4.32. The monoisotopic (exact) mass is 335 g/mol. The van der Waals surface area contributed by atoms with E-state index in [1.54, 1.807) is 6.33 Å². The van der Waals surface area contributed by atoms with E-state index in [4.69, 9.17) is 0 Å². The average molecular weight is 336 g/mol. The Hall–Kier alpha value is -1.63. The first-order chi connectivity index (χ1) is 11.6. The molecule has 1 aliphatic rings. The van der Waals surface area contributed by atoms with Crippen LogP contribution in [0.15, 0.2) is 11.3 Å². The molecule has 1 aliphatic heterocycles. The second-order valence-corrected chi connectivity index (χ2v) is 6.77. The molecule has 1 saturated heterocycles. The van der Waals surface area contributed by atoms with Gasteiger partial charge in [0.05, 0.1) is 0 Å². The topological polar surface area (TPSA) is 70.4 Å². The molecule has 1 aromatic rings. The number of piperidine rings is 1. The lowest BCUT2D eigenvalue weighted by Crippen LogP contribution is -2.48. The average Bonchev–Trinajstić information content (AvgIpc) is 3.05. The Morgan fingerprint density at radius 1 is 1.46 bits per heavy atom. The van der Waals surface area contributed by atoms with Crippen LogP contribution in [0.25, 0.3) is 0 Å². The molecule has 2 heterocycles. The van der Waals surface area contributed by atoms with Gasteiger partial charge in [-0.05, 0) is 32.2 Å². The number of hydrogen-bond donors (Lipinski definition) is 2. The van der Waals surface area contributed by atoms with Gasteiger partial charge in [-0.15, -0.1) is 10.2 Å². The van der Waals surface area contributed by atoms with E-state index in [0.29, 0.717) is 6.04 Å². The van der Waals surface area contributed by atoms with E-state index in [0.717, 1.165) is 43.8 Å². The molecule has 0 radical (unpaired) electrons. The van der Waals surface area contributed by atoms with Crippen molar-refractivity contribution >= 4 is 5.96 Å². The first kappa shape index (κ1) is 18.7. The second kappa shape index (κ2) is 9.61. The van der Waals surface area contributed by atoms with E-state index in [1.807, 2.05) is 7.05 Å². The van der Waals surface area contributed by atoms with Crippen LogP contribution < -0.4 is 10.6 Å². The number of likely N-dealkylation sites (tertiary alicyclic amines) is 1. The molecule has 0 amide bonds. The number of aromatic nitrogens is 3. The van der Waals surface area contributed by atoms with Gasteiger partial charge in [0.1, 0.15) is 12.2 Å². The first-order valence-electron chi connectivity index (χ1n) is 9.19. The van der Waals surface area contributed by atoms with Gasteiger partial charge in [-0.3, -0.25) is 9.89 Å². The number of aryl methyl sites for hydroxylation is 1. The van der Waals surface area contributed by atoms with E-state index in [2.05, 4.69) is 56.1 Å². The van der Waals surface area contributed by atoms with Gasteiger partial charge in [0.15, 0.2) is 5.96 Å². The van der Waals surface area contributed by atoms with Gasteiger partial charge >= 0.3 is 0 Å². The Labute approximate surface area is 145 Å². The number of rotatable bonds is 7. The van der Waals surface area contributed by atoms with Gasteiger partial charge in [0, 0.05) is 45.7 Å². The Balaban J connectivity index is 1.70. The van der Waals surface area contributed by atoms with E-state index in [1.165, 1.54) is 25.9 Å². The van der Waals surface area contributed by atoms with Crippen molar-refractivity contribution in [3.8, 4) is 0 Å². The summed E-state index contributed by atoms with van der Waals surface area (Å²) in [4.78, 5) is 6.90. The Morgan fingerprint density at radius 2 is 2.29 bits per heavy atom. The van der Waals surface area contributed by atoms with Crippen molar-refractivity contribution in [3.63, 3.8) is 0 Å². The molecule has 24 heavy (non-hydrogen) atoms. The third kappa shape index (κ3) is 5.47. The molecule has 2 unspecified atom stereocenters. The van der Waals surface area contributed by atoms with E-state index in [9.17, 15) is 0 Å². The molecule has 2 rings (SSSR count). The van der Waals surface area contributed by atoms with Gasteiger partial charge in [-0.25, -0.2) is 0 Å². The molecule has 0 aliphatic carbocycles. The number of aliphatic imine (C=N–C) groups is 1. The Kier molecular flexibility index (Phi) is 7.49. The fourth-order valence-corrected chi connectivity index (χ4v) is 3.25. The van der Waals surface area contributed by atoms with Gasteiger partial charge < -0.3 is 15.2 Å². The third-order valence-corrected chi connectivity index (χ3v) is 4.76. The minimum absolute atomic E-state index is 0.524. The summed E-state index contributed by atoms with van der Waals surface area (Å²) in [6, 6.07) is 0.524. The molecule has 1 aromatic heterocycles. The maximum atomic E-state index is 4.32. The zero-order valence-electron chi connectivity index (χ0n) is 15.6. The van der Waals surface area contributed by atoms with Crippen molar-refractivity contribution in [3.05, 3.63) is 12.2 Å². The van der Waals surface area contributed by atoms with Crippen molar-refractivity contribution in [1.29, 1.82) is 0 Å². The number of nitrogens with zero attached hydrogens (tertiary/aromatic N) is 5. The zero-order valence-corrected chi connectivity index (χ0v) is 15.6. The highest BCUT2D eigenvalue weighted by Crippen LogP contribution is 2.17. The van der Waals surface area contributed by atoms with E-state index < -0.39 is 0 Å². The molecule has 136 valence electrons. The SMILES string of the molecule is CCc1nncn1CCNC(=NC)NCC(C)N1CCCC(C)C1. The van der Waals surface area contributed by atoms with E-state index >= 15 is 0 Å². The van der Waals surface area contributed by atoms with Crippen LogP contribution in [-0.4, -0.2) is 64.9 Å². The van der Waals surface area contributed by atoms with Crippen LogP contribution in [0.2, 0.25) is 0 Å². The standard InChI is InChI=1S/C17H33N7/c1-5-16-22-21-13-24(16)10-8-19-17(18-4)20-11-15(3)23-9-6-7-14(2)12-23/h13-15H,5-12H2,1-4H3,(H2,18,19,20). The largest absolute Gasteiger partial charge is 0.355 e. The summed E-state index contributed by atoms with van der Waals surface area (Å²) in [6.45, 7) is 11.7. The molecule has 7 heteroatoms. The second-order valence-electron chi connectivity index (χ2n) is 6.77. The minimum Gasteiger partial charge on any atom is -0.355 e. The fraction of sp³-hybridized carbons (Fsp3) is 0.824. The highest BCUT2D eigenvalue weighted by atomic mass is 15.3. The molecule has 1 fully saturated rings. The first-order valence-corrected chi connectivity index (χ1v) is 9.19. The fourth-order valence-electron chi connectivity index (χ4n) is 3.25. The van der Waals surface area contributed by atoms with Gasteiger partial charge in [0.2, 0.25) is 0 Å². The van der Waals surface area contributed by atoms with Crippen LogP contribution >= 0.6 is 0 Å². The van der Waals surface area contributed by atoms with Crippen LogP contribution in [0.3, 0.4) is 0 Å². The predicted octanol–water partition coefficient (Wildman–Crippen LogP) is 1.13. The highest BCUT2D eigenvalue weighted by Gasteiger charge is 2.20. The molecule has 7 nitrogen and oxygen atoms in total. The summed E-state index contributed by atoms with van der Waals surface area (Å²) in [5.74, 6) is 2.70. The quantitative estimate of drug-likeness (QED) is 0.577. The van der Waals surface area contributed by atoms with Crippen LogP contribution in [0.1, 0.15) is 39.4 Å². The third-order valence-electron chi connectivity index (χ3n) is 4.76. The normalized spacial score (nSPS) is 20.8. The van der Waals surface area contributed by atoms with Gasteiger partial charge in [-0.2, -0.15) is 0 Å². The predicted molar refractivity (Wildman–Crippen MR) is 98.2 cm³/mol. The smallest absolute Gasteiger partial charge is 0.191 e. The van der Waals surface area contributed by atoms with Crippen LogP contribution in [0.4, 0.5) is 0 Å². The van der Waals surface area contributed by atoms with Crippen LogP contribution in [0.5, 0.6) is 0 Å². The van der Waals surface area contributed by atoms with Crippen molar-refractivity contribution in [2.45, 2.75) is 52.6 Å². The van der Waals surface area contributed by atoms with Crippen molar-refractivity contribution in [2.24, 2.45) is 10.9 Å². The van der Waals surface area contributed by atoms with Gasteiger partial charge in [0.25, 0.3) is 0 Å². The van der Waals surface area contributed by atoms with Crippen LogP contribution in [-0.2, 0) is 13.0 Å². The molecule has 2 atom stereocenters. The van der Waals surface area contributed by atoms with Crippen LogP contribution in [0, 0.1) is 5.92 Å². The summed E-state index contributed by atoms with van der Waals surface area (Å²) >= 11 is 0. The molecular weight excluding hydrogens is 302 g/mol. The lowest BCUT2D eigenvalue weighted by molar-refractivity contribution is 0.139. The summed E-state index contributed by atoms with van der Waals surface area (Å²) in [5.41, 5.74) is 0. The maximum Gasteiger partial charge on any atom is 0.191 e.